The number of fused-ring (bicyclic) bond motifs is 1. The molecule has 1 fully saturated rings. The van der Waals surface area contributed by atoms with E-state index in [4.69, 9.17) is 21.1 Å². The normalized spacial score (nSPS) is 15.7. The second-order valence-electron chi connectivity index (χ2n) is 11.0. The molecular weight excluding hydrogens is 602 g/mol. The Hall–Kier alpha value is -3.76. The molecule has 0 bridgehead atoms. The molecular formula is C33H38ClN3O6S. The molecule has 3 aromatic rings. The monoisotopic (exact) mass is 639 g/mol. The van der Waals surface area contributed by atoms with Gasteiger partial charge in [0.15, 0.2) is 11.5 Å². The summed E-state index contributed by atoms with van der Waals surface area (Å²) in [5.74, 6) is 0.0939. The van der Waals surface area contributed by atoms with Crippen LogP contribution in [-0.4, -0.2) is 57.0 Å². The summed E-state index contributed by atoms with van der Waals surface area (Å²) >= 11 is 6.51. The van der Waals surface area contributed by atoms with Gasteiger partial charge in [-0.15, -0.1) is 0 Å². The molecule has 1 aliphatic carbocycles. The number of nitrogens with one attached hydrogen (secondary N) is 1. The molecule has 0 aromatic heterocycles. The molecule has 1 atom stereocenters. The lowest BCUT2D eigenvalue weighted by atomic mass is 9.95. The number of sulfonamides is 1. The van der Waals surface area contributed by atoms with E-state index in [0.717, 1.165) is 36.4 Å². The van der Waals surface area contributed by atoms with Crippen LogP contribution in [0.3, 0.4) is 0 Å². The Kier molecular flexibility index (Phi) is 10.3. The highest BCUT2D eigenvalue weighted by Crippen LogP contribution is 2.36. The lowest BCUT2D eigenvalue weighted by molar-refractivity contribution is -0.140. The van der Waals surface area contributed by atoms with Gasteiger partial charge in [0.1, 0.15) is 25.8 Å². The number of halogens is 1. The van der Waals surface area contributed by atoms with E-state index in [0.29, 0.717) is 41.7 Å². The van der Waals surface area contributed by atoms with Crippen LogP contribution in [0.2, 0.25) is 5.02 Å². The van der Waals surface area contributed by atoms with Crippen LogP contribution in [0, 0.1) is 0 Å². The molecule has 2 aliphatic rings. The fraction of sp³-hybridized carbons (Fsp3) is 0.394. The van der Waals surface area contributed by atoms with Gasteiger partial charge in [-0.1, -0.05) is 74.2 Å². The third kappa shape index (κ3) is 7.30. The zero-order valence-corrected chi connectivity index (χ0v) is 26.4. The first-order chi connectivity index (χ1) is 21.3. The Morgan fingerprint density at radius 3 is 2.32 bits per heavy atom. The number of ether oxygens (including phenoxy) is 2. The highest BCUT2D eigenvalue weighted by atomic mass is 35.5. The summed E-state index contributed by atoms with van der Waals surface area (Å²) in [6.07, 6.45) is 5.37. The Morgan fingerprint density at radius 1 is 0.932 bits per heavy atom. The molecule has 44 heavy (non-hydrogen) atoms. The molecule has 234 valence electrons. The van der Waals surface area contributed by atoms with Gasteiger partial charge in [-0.3, -0.25) is 13.9 Å². The largest absolute Gasteiger partial charge is 0.486 e. The van der Waals surface area contributed by atoms with Crippen LogP contribution < -0.4 is 19.1 Å². The van der Waals surface area contributed by atoms with Crippen molar-refractivity contribution in [3.05, 3.63) is 83.4 Å². The number of amides is 2. The number of nitrogens with zero attached hydrogens (tertiary/aromatic N) is 2. The Balaban J connectivity index is 1.51. The molecule has 0 radical (unpaired) electrons. The van der Waals surface area contributed by atoms with Crippen LogP contribution in [0.1, 0.15) is 51.0 Å². The lowest BCUT2D eigenvalue weighted by Crippen LogP contribution is -2.54. The molecule has 1 saturated carbocycles. The van der Waals surface area contributed by atoms with Gasteiger partial charge in [0.25, 0.3) is 10.0 Å². The summed E-state index contributed by atoms with van der Waals surface area (Å²) in [5, 5.41) is 3.61. The molecule has 0 spiro atoms. The first-order valence-electron chi connectivity index (χ1n) is 15.1. The van der Waals surface area contributed by atoms with E-state index >= 15 is 0 Å². The van der Waals surface area contributed by atoms with E-state index in [9.17, 15) is 18.0 Å². The summed E-state index contributed by atoms with van der Waals surface area (Å²) < 4.78 is 40.6. The van der Waals surface area contributed by atoms with Crippen molar-refractivity contribution < 1.29 is 27.5 Å². The maximum Gasteiger partial charge on any atom is 0.264 e. The van der Waals surface area contributed by atoms with E-state index < -0.39 is 28.5 Å². The maximum absolute atomic E-state index is 14.3. The Labute approximate surface area is 264 Å². The fourth-order valence-electron chi connectivity index (χ4n) is 5.71. The first-order valence-corrected chi connectivity index (χ1v) is 16.9. The average Bonchev–Trinajstić information content (AvgIpc) is 3.05. The number of benzene rings is 3. The third-order valence-electron chi connectivity index (χ3n) is 8.06. The maximum atomic E-state index is 14.3. The molecule has 5 rings (SSSR count). The van der Waals surface area contributed by atoms with E-state index in [2.05, 4.69) is 5.32 Å². The summed E-state index contributed by atoms with van der Waals surface area (Å²) in [7, 11) is -4.20. The van der Waals surface area contributed by atoms with Crippen LogP contribution in [0.15, 0.2) is 77.7 Å². The first kappa shape index (κ1) is 31.7. The number of carbonyl (C=O) groups is 2. The summed E-state index contributed by atoms with van der Waals surface area (Å²) in [5.41, 5.74) is 0.895. The highest BCUT2D eigenvalue weighted by Gasteiger charge is 2.35. The summed E-state index contributed by atoms with van der Waals surface area (Å²) in [4.78, 5) is 29.5. The van der Waals surface area contributed by atoms with Gasteiger partial charge >= 0.3 is 0 Å². The van der Waals surface area contributed by atoms with Crippen molar-refractivity contribution in [1.29, 1.82) is 0 Å². The summed E-state index contributed by atoms with van der Waals surface area (Å²) in [6, 6.07) is 19.1. The zero-order chi connectivity index (χ0) is 31.1. The predicted molar refractivity (Wildman–Crippen MR) is 170 cm³/mol. The van der Waals surface area contributed by atoms with Gasteiger partial charge in [0.2, 0.25) is 11.8 Å². The van der Waals surface area contributed by atoms with Gasteiger partial charge in [0, 0.05) is 23.7 Å². The van der Waals surface area contributed by atoms with Crippen LogP contribution in [0.4, 0.5) is 5.69 Å². The molecule has 9 nitrogen and oxygen atoms in total. The third-order valence-corrected chi connectivity index (χ3v) is 10.2. The molecule has 3 aromatic carbocycles. The predicted octanol–water partition coefficient (Wildman–Crippen LogP) is 5.56. The van der Waals surface area contributed by atoms with Crippen molar-refractivity contribution in [2.45, 2.75) is 69.0 Å². The minimum atomic E-state index is -4.20. The van der Waals surface area contributed by atoms with Crippen LogP contribution in [0.5, 0.6) is 11.5 Å². The van der Waals surface area contributed by atoms with Crippen molar-refractivity contribution in [1.82, 2.24) is 10.2 Å². The minimum absolute atomic E-state index is 0.0300. The van der Waals surface area contributed by atoms with E-state index in [1.165, 1.54) is 17.0 Å². The van der Waals surface area contributed by atoms with Crippen molar-refractivity contribution in [3.8, 4) is 11.5 Å². The van der Waals surface area contributed by atoms with Crippen LogP contribution in [0.25, 0.3) is 0 Å². The minimum Gasteiger partial charge on any atom is -0.486 e. The van der Waals surface area contributed by atoms with Crippen molar-refractivity contribution >= 4 is 39.1 Å². The van der Waals surface area contributed by atoms with Gasteiger partial charge in [-0.2, -0.15) is 0 Å². The van der Waals surface area contributed by atoms with Crippen molar-refractivity contribution in [3.63, 3.8) is 0 Å². The second kappa shape index (κ2) is 14.3. The fourth-order valence-corrected chi connectivity index (χ4v) is 7.33. The number of rotatable bonds is 11. The summed E-state index contributed by atoms with van der Waals surface area (Å²) in [6.45, 7) is 2.04. The number of hydrogen-bond donors (Lipinski definition) is 1. The van der Waals surface area contributed by atoms with Crippen LogP contribution >= 0.6 is 11.6 Å². The van der Waals surface area contributed by atoms with Gasteiger partial charge in [-0.25, -0.2) is 8.42 Å². The van der Waals surface area contributed by atoms with E-state index in [-0.39, 0.29) is 29.1 Å². The van der Waals surface area contributed by atoms with Crippen molar-refractivity contribution in [2.24, 2.45) is 0 Å². The van der Waals surface area contributed by atoms with E-state index in [1.54, 1.807) is 54.6 Å². The molecule has 1 unspecified atom stereocenters. The smallest absolute Gasteiger partial charge is 0.264 e. The highest BCUT2D eigenvalue weighted by molar-refractivity contribution is 7.92. The Morgan fingerprint density at radius 2 is 1.61 bits per heavy atom. The number of anilines is 1. The van der Waals surface area contributed by atoms with Gasteiger partial charge in [0.05, 0.1) is 10.6 Å². The van der Waals surface area contributed by atoms with E-state index in [1.807, 2.05) is 13.0 Å². The second-order valence-corrected chi connectivity index (χ2v) is 13.3. The Bertz CT molecular complexity index is 1560. The number of hydrogen-bond acceptors (Lipinski definition) is 6. The standard InChI is InChI=1S/C33H38ClN3O6S/c1-2-29(33(39)35-25-12-5-3-6-13-25)36(22-24-11-9-10-16-28(24)34)32(38)23-37(44(40,41)27-14-7-4-8-15-27)26-17-18-30-31(21-26)43-20-19-42-30/h4,7-11,14-18,21,25,29H,2-3,5-6,12-13,19-20,22-23H2,1H3,(H,35,39). The molecule has 1 aliphatic heterocycles. The van der Waals surface area contributed by atoms with Gasteiger partial charge < -0.3 is 19.7 Å². The SMILES string of the molecule is CCC(C(=O)NC1CCCCC1)N(Cc1ccccc1Cl)C(=O)CN(c1ccc2c(c1)OCCO2)S(=O)(=O)c1ccccc1. The molecule has 1 heterocycles. The molecule has 2 amide bonds. The zero-order valence-electron chi connectivity index (χ0n) is 24.8. The lowest BCUT2D eigenvalue weighted by Gasteiger charge is -2.34. The van der Waals surface area contributed by atoms with Crippen LogP contribution in [-0.2, 0) is 26.2 Å². The quantitative estimate of drug-likeness (QED) is 0.294. The van der Waals surface area contributed by atoms with Crippen molar-refractivity contribution in [2.75, 3.05) is 24.1 Å². The topological polar surface area (TPSA) is 105 Å². The molecule has 11 heteroatoms. The number of carbonyl (C=O) groups excluding carboxylic acids is 2. The molecule has 0 saturated heterocycles. The van der Waals surface area contributed by atoms with Gasteiger partial charge in [-0.05, 0) is 55.2 Å². The molecule has 1 N–H and O–H groups in total. The average molecular weight is 640 g/mol.